The van der Waals surface area contributed by atoms with Crippen molar-refractivity contribution in [2.24, 2.45) is 5.92 Å². The quantitative estimate of drug-likeness (QED) is 0.790. The number of hydrogen-bond acceptors (Lipinski definition) is 3. The average molecular weight is 395 g/mol. The van der Waals surface area contributed by atoms with Gasteiger partial charge in [-0.2, -0.15) is 13.2 Å². The number of amides is 1. The standard InChI is InChI=1S/C20H21F4N3O/c1-12-11-27(8-6-18(12)26-13(2)28)15-5-7-25-19(10-15)14-3-4-16(17(21)9-14)20(22,23)24/h3-5,7,9-10,12,18H,6,8,11H2,1-2H3,(H,26,28). The van der Waals surface area contributed by atoms with Gasteiger partial charge in [-0.3, -0.25) is 9.78 Å². The van der Waals surface area contributed by atoms with Crippen LogP contribution in [0.2, 0.25) is 0 Å². The molecule has 0 radical (unpaired) electrons. The lowest BCUT2D eigenvalue weighted by Gasteiger charge is -2.38. The molecule has 28 heavy (non-hydrogen) atoms. The van der Waals surface area contributed by atoms with Crippen molar-refractivity contribution < 1.29 is 22.4 Å². The number of piperidine rings is 1. The van der Waals surface area contributed by atoms with E-state index in [1.807, 2.05) is 6.07 Å². The van der Waals surface area contributed by atoms with Crippen LogP contribution < -0.4 is 10.2 Å². The highest BCUT2D eigenvalue weighted by Gasteiger charge is 2.34. The van der Waals surface area contributed by atoms with E-state index in [2.05, 4.69) is 22.1 Å². The molecule has 3 rings (SSSR count). The first kappa shape index (κ1) is 20.1. The first-order valence-electron chi connectivity index (χ1n) is 9.00. The van der Waals surface area contributed by atoms with Gasteiger partial charge in [0.1, 0.15) is 5.82 Å². The van der Waals surface area contributed by atoms with Crippen LogP contribution >= 0.6 is 0 Å². The molecule has 1 fully saturated rings. The topological polar surface area (TPSA) is 45.2 Å². The third-order valence-electron chi connectivity index (χ3n) is 4.97. The van der Waals surface area contributed by atoms with Gasteiger partial charge in [0.25, 0.3) is 0 Å². The van der Waals surface area contributed by atoms with E-state index in [-0.39, 0.29) is 23.4 Å². The number of alkyl halides is 3. The number of rotatable bonds is 3. The molecule has 0 saturated carbocycles. The van der Waals surface area contributed by atoms with Gasteiger partial charge in [0.05, 0.1) is 11.3 Å². The zero-order valence-electron chi connectivity index (χ0n) is 15.6. The van der Waals surface area contributed by atoms with Crippen molar-refractivity contribution in [1.29, 1.82) is 0 Å². The zero-order valence-corrected chi connectivity index (χ0v) is 15.6. The maximum Gasteiger partial charge on any atom is 0.419 e. The highest BCUT2D eigenvalue weighted by Crippen LogP contribution is 2.34. The number of aromatic nitrogens is 1. The lowest BCUT2D eigenvalue weighted by atomic mass is 9.93. The molecule has 8 heteroatoms. The van der Waals surface area contributed by atoms with Crippen LogP contribution in [0.4, 0.5) is 23.2 Å². The Morgan fingerprint density at radius 2 is 2.00 bits per heavy atom. The van der Waals surface area contributed by atoms with Crippen molar-refractivity contribution in [3.8, 4) is 11.3 Å². The van der Waals surface area contributed by atoms with Gasteiger partial charge in [0.15, 0.2) is 0 Å². The van der Waals surface area contributed by atoms with E-state index in [1.54, 1.807) is 12.3 Å². The summed E-state index contributed by atoms with van der Waals surface area (Å²) in [5, 5.41) is 2.95. The summed E-state index contributed by atoms with van der Waals surface area (Å²) in [6, 6.07) is 6.49. The van der Waals surface area contributed by atoms with Gasteiger partial charge in [-0.15, -0.1) is 0 Å². The van der Waals surface area contributed by atoms with Gasteiger partial charge >= 0.3 is 6.18 Å². The largest absolute Gasteiger partial charge is 0.419 e. The van der Waals surface area contributed by atoms with E-state index in [0.29, 0.717) is 5.69 Å². The van der Waals surface area contributed by atoms with Crippen LogP contribution in [0.25, 0.3) is 11.3 Å². The van der Waals surface area contributed by atoms with Gasteiger partial charge in [0, 0.05) is 43.5 Å². The number of nitrogens with one attached hydrogen (secondary N) is 1. The number of carbonyl (C=O) groups is 1. The fraction of sp³-hybridized carbons (Fsp3) is 0.400. The Kier molecular flexibility index (Phi) is 5.58. The van der Waals surface area contributed by atoms with Crippen molar-refractivity contribution in [2.45, 2.75) is 32.5 Å². The van der Waals surface area contributed by atoms with Gasteiger partial charge in [-0.1, -0.05) is 13.0 Å². The Balaban J connectivity index is 1.80. The lowest BCUT2D eigenvalue weighted by molar-refractivity contribution is -0.140. The molecular formula is C20H21F4N3O. The highest BCUT2D eigenvalue weighted by atomic mass is 19.4. The van der Waals surface area contributed by atoms with Crippen molar-refractivity contribution in [3.63, 3.8) is 0 Å². The molecular weight excluding hydrogens is 374 g/mol. The van der Waals surface area contributed by atoms with Gasteiger partial charge < -0.3 is 10.2 Å². The predicted molar refractivity (Wildman–Crippen MR) is 98.2 cm³/mol. The number of nitrogens with zero attached hydrogens (tertiary/aromatic N) is 2. The molecule has 2 atom stereocenters. The Morgan fingerprint density at radius 1 is 1.25 bits per heavy atom. The molecule has 1 amide bonds. The molecule has 0 spiro atoms. The molecule has 1 aliphatic heterocycles. The van der Waals surface area contributed by atoms with Crippen LogP contribution in [0.5, 0.6) is 0 Å². The van der Waals surface area contributed by atoms with E-state index in [4.69, 9.17) is 0 Å². The van der Waals surface area contributed by atoms with Crippen LogP contribution in [0.3, 0.4) is 0 Å². The molecule has 0 bridgehead atoms. The number of anilines is 1. The molecule has 2 heterocycles. The number of hydrogen-bond donors (Lipinski definition) is 1. The molecule has 1 saturated heterocycles. The summed E-state index contributed by atoms with van der Waals surface area (Å²) in [7, 11) is 0. The molecule has 2 aromatic rings. The van der Waals surface area contributed by atoms with Crippen molar-refractivity contribution in [2.75, 3.05) is 18.0 Å². The summed E-state index contributed by atoms with van der Waals surface area (Å²) < 4.78 is 52.1. The van der Waals surface area contributed by atoms with Gasteiger partial charge in [-0.25, -0.2) is 4.39 Å². The second-order valence-electron chi connectivity index (χ2n) is 7.11. The summed E-state index contributed by atoms with van der Waals surface area (Å²) in [5.74, 6) is -1.14. The molecule has 0 aliphatic carbocycles. The Morgan fingerprint density at radius 3 is 2.61 bits per heavy atom. The van der Waals surface area contributed by atoms with Crippen LogP contribution in [-0.2, 0) is 11.0 Å². The summed E-state index contributed by atoms with van der Waals surface area (Å²) in [4.78, 5) is 17.6. The van der Waals surface area contributed by atoms with E-state index in [0.717, 1.165) is 37.3 Å². The van der Waals surface area contributed by atoms with Crippen LogP contribution in [0.1, 0.15) is 25.8 Å². The maximum atomic E-state index is 13.9. The summed E-state index contributed by atoms with van der Waals surface area (Å²) in [5.41, 5.74) is 0.259. The van der Waals surface area contributed by atoms with E-state index >= 15 is 0 Å². The minimum Gasteiger partial charge on any atom is -0.371 e. The Hall–Kier alpha value is -2.64. The number of halogens is 4. The Bertz CT molecular complexity index is 869. The van der Waals surface area contributed by atoms with Crippen LogP contribution in [0.15, 0.2) is 36.5 Å². The number of pyridine rings is 1. The van der Waals surface area contributed by atoms with Crippen LogP contribution in [-0.4, -0.2) is 30.0 Å². The predicted octanol–water partition coefficient (Wildman–Crippen LogP) is 4.26. The molecule has 1 aliphatic rings. The van der Waals surface area contributed by atoms with E-state index in [9.17, 15) is 22.4 Å². The van der Waals surface area contributed by atoms with E-state index in [1.165, 1.54) is 13.0 Å². The SMILES string of the molecule is CC(=O)NC1CCN(c2ccnc(-c3ccc(C(F)(F)F)c(F)c3)c2)CC1C. The minimum absolute atomic E-state index is 0.0548. The highest BCUT2D eigenvalue weighted by molar-refractivity contribution is 5.73. The zero-order chi connectivity index (χ0) is 20.5. The first-order valence-corrected chi connectivity index (χ1v) is 9.00. The minimum atomic E-state index is -4.73. The monoisotopic (exact) mass is 395 g/mol. The third kappa shape index (κ3) is 4.43. The number of carbonyl (C=O) groups excluding carboxylic acids is 1. The second-order valence-corrected chi connectivity index (χ2v) is 7.11. The smallest absolute Gasteiger partial charge is 0.371 e. The fourth-order valence-corrected chi connectivity index (χ4v) is 3.53. The molecule has 1 aromatic heterocycles. The normalized spacial score (nSPS) is 20.1. The van der Waals surface area contributed by atoms with Gasteiger partial charge in [-0.05, 0) is 36.6 Å². The fourth-order valence-electron chi connectivity index (χ4n) is 3.53. The first-order chi connectivity index (χ1) is 13.1. The molecule has 1 N–H and O–H groups in total. The van der Waals surface area contributed by atoms with Gasteiger partial charge in [0.2, 0.25) is 5.91 Å². The summed E-state index contributed by atoms with van der Waals surface area (Å²) in [6.07, 6.45) is -2.38. The second kappa shape index (κ2) is 7.77. The molecule has 4 nitrogen and oxygen atoms in total. The molecule has 2 unspecified atom stereocenters. The van der Waals surface area contributed by atoms with Crippen molar-refractivity contribution >= 4 is 11.6 Å². The third-order valence-corrected chi connectivity index (χ3v) is 4.97. The van der Waals surface area contributed by atoms with Crippen molar-refractivity contribution in [3.05, 3.63) is 47.9 Å². The number of benzene rings is 1. The van der Waals surface area contributed by atoms with Crippen molar-refractivity contribution in [1.82, 2.24) is 10.3 Å². The van der Waals surface area contributed by atoms with Crippen LogP contribution in [0, 0.1) is 11.7 Å². The average Bonchev–Trinajstić information content (AvgIpc) is 2.62. The Labute approximate surface area is 160 Å². The maximum absolute atomic E-state index is 13.9. The molecule has 150 valence electrons. The summed E-state index contributed by atoms with van der Waals surface area (Å²) >= 11 is 0. The summed E-state index contributed by atoms with van der Waals surface area (Å²) in [6.45, 7) is 4.99. The molecule has 1 aromatic carbocycles. The van der Waals surface area contributed by atoms with E-state index < -0.39 is 17.6 Å². The lowest BCUT2D eigenvalue weighted by Crippen LogP contribution is -2.49.